The van der Waals surface area contributed by atoms with Gasteiger partial charge in [0, 0.05) is 6.92 Å². The summed E-state index contributed by atoms with van der Waals surface area (Å²) < 4.78 is 4.48. The number of hydrogen-bond acceptors (Lipinski definition) is 0. The summed E-state index contributed by atoms with van der Waals surface area (Å²) in [6, 6.07) is 21.0. The lowest BCUT2D eigenvalue weighted by molar-refractivity contribution is -0.693. The molecule has 1 heterocycles. The third kappa shape index (κ3) is 2.43. The van der Waals surface area contributed by atoms with Crippen molar-refractivity contribution < 1.29 is 4.57 Å². The van der Waals surface area contributed by atoms with Crippen molar-refractivity contribution in [3.05, 3.63) is 84.4 Å². The van der Waals surface area contributed by atoms with Gasteiger partial charge in [0.2, 0.25) is 0 Å². The molecule has 0 amide bonds. The van der Waals surface area contributed by atoms with Crippen LogP contribution in [0.2, 0.25) is 0 Å². The van der Waals surface area contributed by atoms with E-state index in [0.29, 0.717) is 0 Å². The molecular formula is C17H17N2+. The molecule has 1 aromatic heterocycles. The van der Waals surface area contributed by atoms with Crippen molar-refractivity contribution in [2.45, 2.75) is 13.5 Å². The van der Waals surface area contributed by atoms with E-state index in [1.807, 2.05) is 6.07 Å². The predicted octanol–water partition coefficient (Wildman–Crippen LogP) is 3.12. The molecule has 0 radical (unpaired) electrons. The van der Waals surface area contributed by atoms with E-state index in [1.54, 1.807) is 0 Å². The molecule has 2 heteroatoms. The molecule has 0 N–H and O–H groups in total. The van der Waals surface area contributed by atoms with Crippen molar-refractivity contribution in [3.8, 4) is 5.69 Å². The second kappa shape index (κ2) is 5.11. The number of nitrogens with zero attached hydrogens (tertiary/aromatic N) is 2. The zero-order chi connectivity index (χ0) is 13.1. The van der Waals surface area contributed by atoms with Crippen molar-refractivity contribution in [1.29, 1.82) is 0 Å². The molecule has 94 valence electrons. The number of hydrogen-bond donors (Lipinski definition) is 0. The summed E-state index contributed by atoms with van der Waals surface area (Å²) in [5.74, 6) is 1.23. The van der Waals surface area contributed by atoms with Gasteiger partial charge in [0.15, 0.2) is 0 Å². The summed E-state index contributed by atoms with van der Waals surface area (Å²) in [4.78, 5) is 0. The van der Waals surface area contributed by atoms with Crippen LogP contribution in [-0.4, -0.2) is 4.57 Å². The second-order valence-corrected chi connectivity index (χ2v) is 4.66. The van der Waals surface area contributed by atoms with E-state index in [-0.39, 0.29) is 0 Å². The third-order valence-corrected chi connectivity index (χ3v) is 3.39. The highest BCUT2D eigenvalue weighted by atomic mass is 15.1. The molecule has 19 heavy (non-hydrogen) atoms. The standard InChI is InChI=1S/C17H17N2/c1-15-18(14-16-8-4-2-5-9-16)12-13-19(15)17-10-6-3-7-11-17/h2-13H,14H2,1H3/q+1. The lowest BCUT2D eigenvalue weighted by atomic mass is 10.2. The summed E-state index contributed by atoms with van der Waals surface area (Å²) in [5, 5.41) is 0. The monoisotopic (exact) mass is 249 g/mol. The first kappa shape index (κ1) is 11.7. The van der Waals surface area contributed by atoms with Gasteiger partial charge in [-0.05, 0) is 17.7 Å². The number of rotatable bonds is 3. The Labute approximate surface area is 113 Å². The van der Waals surface area contributed by atoms with Gasteiger partial charge in [0.1, 0.15) is 24.6 Å². The zero-order valence-electron chi connectivity index (χ0n) is 11.0. The van der Waals surface area contributed by atoms with E-state index < -0.39 is 0 Å². The summed E-state index contributed by atoms with van der Waals surface area (Å²) in [7, 11) is 0. The number of benzene rings is 2. The Bertz CT molecular complexity index is 654. The molecule has 0 saturated carbocycles. The molecular weight excluding hydrogens is 232 g/mol. The number of imidazole rings is 1. The Hall–Kier alpha value is -2.35. The number of para-hydroxylation sites is 1. The molecule has 2 nitrogen and oxygen atoms in total. The van der Waals surface area contributed by atoms with Gasteiger partial charge in [-0.3, -0.25) is 0 Å². The van der Waals surface area contributed by atoms with Crippen LogP contribution < -0.4 is 4.57 Å². The van der Waals surface area contributed by atoms with E-state index >= 15 is 0 Å². The van der Waals surface area contributed by atoms with Crippen molar-refractivity contribution in [2.75, 3.05) is 0 Å². The van der Waals surface area contributed by atoms with Gasteiger partial charge < -0.3 is 0 Å². The highest BCUT2D eigenvalue weighted by Gasteiger charge is 2.13. The zero-order valence-corrected chi connectivity index (χ0v) is 11.0. The Balaban J connectivity index is 1.92. The van der Waals surface area contributed by atoms with Gasteiger partial charge >= 0.3 is 0 Å². The van der Waals surface area contributed by atoms with Crippen LogP contribution in [0.4, 0.5) is 0 Å². The van der Waals surface area contributed by atoms with E-state index in [2.05, 4.69) is 83.0 Å². The van der Waals surface area contributed by atoms with Crippen LogP contribution in [-0.2, 0) is 6.54 Å². The van der Waals surface area contributed by atoms with Crippen LogP contribution in [0.1, 0.15) is 11.4 Å². The largest absolute Gasteiger partial charge is 0.258 e. The molecule has 0 aliphatic rings. The molecule has 0 aliphatic heterocycles. The lowest BCUT2D eigenvalue weighted by Gasteiger charge is -2.01. The molecule has 0 spiro atoms. The average Bonchev–Trinajstić information content (AvgIpc) is 2.82. The molecule has 0 bridgehead atoms. The Morgan fingerprint density at radius 1 is 0.895 bits per heavy atom. The highest BCUT2D eigenvalue weighted by Crippen LogP contribution is 2.09. The quantitative estimate of drug-likeness (QED) is 0.631. The molecule has 3 aromatic rings. The molecule has 0 atom stereocenters. The second-order valence-electron chi connectivity index (χ2n) is 4.66. The minimum atomic E-state index is 0.909. The summed E-state index contributed by atoms with van der Waals surface area (Å²) in [6.45, 7) is 3.06. The van der Waals surface area contributed by atoms with Gasteiger partial charge in [-0.25, -0.2) is 9.13 Å². The summed E-state index contributed by atoms with van der Waals surface area (Å²) >= 11 is 0. The Morgan fingerprint density at radius 2 is 1.53 bits per heavy atom. The van der Waals surface area contributed by atoms with E-state index in [0.717, 1.165) is 6.54 Å². The van der Waals surface area contributed by atoms with E-state index in [1.165, 1.54) is 17.1 Å². The first-order chi connectivity index (χ1) is 9.34. The molecule has 0 fully saturated rings. The third-order valence-electron chi connectivity index (χ3n) is 3.39. The van der Waals surface area contributed by atoms with Crippen molar-refractivity contribution in [3.63, 3.8) is 0 Å². The maximum atomic E-state index is 2.27. The van der Waals surface area contributed by atoms with Crippen molar-refractivity contribution in [1.82, 2.24) is 4.57 Å². The lowest BCUT2D eigenvalue weighted by Crippen LogP contribution is -2.35. The number of aromatic nitrogens is 2. The van der Waals surface area contributed by atoms with Crippen molar-refractivity contribution in [2.24, 2.45) is 0 Å². The van der Waals surface area contributed by atoms with Crippen LogP contribution in [0.5, 0.6) is 0 Å². The smallest absolute Gasteiger partial charge is 0.230 e. The fraction of sp³-hybridized carbons (Fsp3) is 0.118. The van der Waals surface area contributed by atoms with E-state index in [4.69, 9.17) is 0 Å². The van der Waals surface area contributed by atoms with Gasteiger partial charge in [0.05, 0.1) is 0 Å². The van der Waals surface area contributed by atoms with Crippen LogP contribution in [0.15, 0.2) is 73.1 Å². The van der Waals surface area contributed by atoms with E-state index in [9.17, 15) is 0 Å². The minimum Gasteiger partial charge on any atom is -0.230 e. The van der Waals surface area contributed by atoms with Gasteiger partial charge in [-0.2, -0.15) is 0 Å². The molecule has 0 saturated heterocycles. The highest BCUT2D eigenvalue weighted by molar-refractivity contribution is 5.31. The van der Waals surface area contributed by atoms with Crippen LogP contribution >= 0.6 is 0 Å². The topological polar surface area (TPSA) is 8.81 Å². The molecule has 3 rings (SSSR count). The van der Waals surface area contributed by atoms with Crippen LogP contribution in [0.25, 0.3) is 5.69 Å². The SMILES string of the molecule is Cc1n(-c2ccccc2)cc[n+]1Cc1ccccc1. The van der Waals surface area contributed by atoms with Gasteiger partial charge in [-0.1, -0.05) is 48.5 Å². The van der Waals surface area contributed by atoms with Crippen LogP contribution in [0, 0.1) is 6.92 Å². The molecule has 0 aliphatic carbocycles. The minimum absolute atomic E-state index is 0.909. The Kier molecular flexibility index (Phi) is 3.15. The van der Waals surface area contributed by atoms with Crippen LogP contribution in [0.3, 0.4) is 0 Å². The molecule has 0 unspecified atom stereocenters. The molecule has 2 aromatic carbocycles. The van der Waals surface area contributed by atoms with Gasteiger partial charge in [0.25, 0.3) is 5.82 Å². The average molecular weight is 249 g/mol. The Morgan fingerprint density at radius 3 is 2.21 bits per heavy atom. The fourth-order valence-electron chi connectivity index (χ4n) is 2.31. The summed E-state index contributed by atoms with van der Waals surface area (Å²) in [6.07, 6.45) is 4.25. The predicted molar refractivity (Wildman–Crippen MR) is 76.2 cm³/mol. The normalized spacial score (nSPS) is 10.6. The van der Waals surface area contributed by atoms with Gasteiger partial charge in [-0.15, -0.1) is 0 Å². The first-order valence-corrected chi connectivity index (χ1v) is 6.51. The maximum absolute atomic E-state index is 2.27. The summed E-state index contributed by atoms with van der Waals surface area (Å²) in [5.41, 5.74) is 2.52. The fourth-order valence-corrected chi connectivity index (χ4v) is 2.31. The first-order valence-electron chi connectivity index (χ1n) is 6.51. The maximum Gasteiger partial charge on any atom is 0.258 e. The van der Waals surface area contributed by atoms with Crippen molar-refractivity contribution >= 4 is 0 Å².